The van der Waals surface area contributed by atoms with Crippen LogP contribution in [0.25, 0.3) is 11.0 Å². The predicted octanol–water partition coefficient (Wildman–Crippen LogP) is 3.02. The summed E-state index contributed by atoms with van der Waals surface area (Å²) < 4.78 is 2.18. The van der Waals surface area contributed by atoms with Gasteiger partial charge in [0.2, 0.25) is 0 Å². The standard InChI is InChI=1S/C19H20N4O3/c1-13-15(24)11-22(21-16(13)18(25)26)12-19(7-2-3-8-19)23-10-6-14-5-4-9-20-17(14)23/h4-6,9-11,24H,1-3,7-8,12H2,(H,25,26). The van der Waals surface area contributed by atoms with Crippen LogP contribution >= 0.6 is 0 Å². The second-order valence-electron chi connectivity index (χ2n) is 6.88. The van der Waals surface area contributed by atoms with Crippen molar-refractivity contribution in [3.8, 4) is 0 Å². The highest BCUT2D eigenvalue weighted by Crippen LogP contribution is 2.40. The molecule has 1 aliphatic carbocycles. The summed E-state index contributed by atoms with van der Waals surface area (Å²) >= 11 is 0. The Labute approximate surface area is 150 Å². The van der Waals surface area contributed by atoms with Crippen LogP contribution in [0.15, 0.2) is 59.8 Å². The van der Waals surface area contributed by atoms with Crippen LogP contribution in [0.1, 0.15) is 25.7 Å². The van der Waals surface area contributed by atoms with E-state index in [2.05, 4.69) is 21.2 Å². The average molecular weight is 352 g/mol. The van der Waals surface area contributed by atoms with E-state index in [0.717, 1.165) is 36.7 Å². The van der Waals surface area contributed by atoms with E-state index in [1.807, 2.05) is 24.4 Å². The molecule has 0 atom stereocenters. The van der Waals surface area contributed by atoms with E-state index in [1.54, 1.807) is 6.20 Å². The van der Waals surface area contributed by atoms with E-state index in [0.29, 0.717) is 6.54 Å². The van der Waals surface area contributed by atoms with Gasteiger partial charge in [0.15, 0.2) is 5.71 Å². The van der Waals surface area contributed by atoms with Gasteiger partial charge in [0.05, 0.1) is 18.3 Å². The minimum absolute atomic E-state index is 0.0299. The van der Waals surface area contributed by atoms with E-state index in [9.17, 15) is 15.0 Å². The lowest BCUT2D eigenvalue weighted by Crippen LogP contribution is -2.41. The summed E-state index contributed by atoms with van der Waals surface area (Å²) in [7, 11) is 0. The van der Waals surface area contributed by atoms with E-state index >= 15 is 0 Å². The molecular formula is C19H20N4O3. The molecule has 26 heavy (non-hydrogen) atoms. The Morgan fingerprint density at radius 3 is 2.81 bits per heavy atom. The molecule has 2 aromatic heterocycles. The third-order valence-corrected chi connectivity index (χ3v) is 5.25. The largest absolute Gasteiger partial charge is 0.506 e. The molecule has 0 radical (unpaired) electrons. The number of carbonyl (C=O) groups is 1. The number of aliphatic hydroxyl groups excluding tert-OH is 1. The van der Waals surface area contributed by atoms with E-state index < -0.39 is 5.97 Å². The molecule has 7 nitrogen and oxygen atoms in total. The van der Waals surface area contributed by atoms with Crippen molar-refractivity contribution in [1.29, 1.82) is 0 Å². The first-order valence-electron chi connectivity index (χ1n) is 8.62. The number of aliphatic carboxylic acids is 1. The smallest absolute Gasteiger partial charge is 0.357 e. The van der Waals surface area contributed by atoms with Crippen molar-refractivity contribution in [3.63, 3.8) is 0 Å². The van der Waals surface area contributed by atoms with Crippen LogP contribution in [0.3, 0.4) is 0 Å². The highest BCUT2D eigenvalue weighted by molar-refractivity contribution is 6.43. The lowest BCUT2D eigenvalue weighted by molar-refractivity contribution is -0.129. The van der Waals surface area contributed by atoms with Crippen LogP contribution in [-0.2, 0) is 10.3 Å². The molecule has 0 spiro atoms. The molecule has 0 bridgehead atoms. The molecule has 1 aliphatic heterocycles. The molecule has 1 saturated carbocycles. The molecule has 0 saturated heterocycles. The SMILES string of the molecule is C=C1C(O)=CN(CC2(n3ccc4cccnc43)CCCC2)N=C1C(=O)O. The topological polar surface area (TPSA) is 91.0 Å². The number of nitrogens with zero attached hydrogens (tertiary/aromatic N) is 4. The van der Waals surface area contributed by atoms with Gasteiger partial charge in [-0.2, -0.15) is 5.10 Å². The van der Waals surface area contributed by atoms with E-state index in [1.165, 1.54) is 11.2 Å². The van der Waals surface area contributed by atoms with Crippen LogP contribution < -0.4 is 0 Å². The van der Waals surface area contributed by atoms with Gasteiger partial charge >= 0.3 is 5.97 Å². The monoisotopic (exact) mass is 352 g/mol. The van der Waals surface area contributed by atoms with Gasteiger partial charge in [-0.15, -0.1) is 0 Å². The molecule has 0 amide bonds. The minimum atomic E-state index is -1.20. The Bertz CT molecular complexity index is 951. The zero-order valence-electron chi connectivity index (χ0n) is 14.3. The van der Waals surface area contributed by atoms with Crippen molar-refractivity contribution < 1.29 is 15.0 Å². The summed E-state index contributed by atoms with van der Waals surface area (Å²) in [5, 5.41) is 26.2. The summed E-state index contributed by atoms with van der Waals surface area (Å²) in [6.45, 7) is 4.06. The summed E-state index contributed by atoms with van der Waals surface area (Å²) in [6.07, 6.45) is 9.31. The summed E-state index contributed by atoms with van der Waals surface area (Å²) in [6, 6.07) is 5.98. The number of carboxylic acid groups (broad SMARTS) is 1. The van der Waals surface area contributed by atoms with Crippen LogP contribution in [0.2, 0.25) is 0 Å². The first kappa shape index (κ1) is 16.4. The van der Waals surface area contributed by atoms with Crippen molar-refractivity contribution >= 4 is 22.7 Å². The molecule has 0 aromatic carbocycles. The number of carboxylic acids is 1. The number of fused-ring (bicyclic) bond motifs is 1. The molecular weight excluding hydrogens is 332 g/mol. The molecule has 2 N–H and O–H groups in total. The normalized spacial score (nSPS) is 19.5. The number of pyridine rings is 1. The van der Waals surface area contributed by atoms with Gasteiger partial charge in [0, 0.05) is 23.4 Å². The Hall–Kier alpha value is -3.09. The van der Waals surface area contributed by atoms with Crippen LogP contribution in [0.4, 0.5) is 0 Å². The van der Waals surface area contributed by atoms with Crippen molar-refractivity contribution in [2.24, 2.45) is 5.10 Å². The zero-order chi connectivity index (χ0) is 18.3. The first-order valence-corrected chi connectivity index (χ1v) is 8.62. The van der Waals surface area contributed by atoms with Crippen molar-refractivity contribution in [2.75, 3.05) is 6.54 Å². The fourth-order valence-electron chi connectivity index (χ4n) is 3.97. The molecule has 4 rings (SSSR count). The Balaban J connectivity index is 1.74. The van der Waals surface area contributed by atoms with Gasteiger partial charge < -0.3 is 14.8 Å². The third-order valence-electron chi connectivity index (χ3n) is 5.25. The van der Waals surface area contributed by atoms with Crippen molar-refractivity contribution in [1.82, 2.24) is 14.6 Å². The third kappa shape index (κ3) is 2.56. The predicted molar refractivity (Wildman–Crippen MR) is 97.8 cm³/mol. The fourth-order valence-corrected chi connectivity index (χ4v) is 3.97. The van der Waals surface area contributed by atoms with E-state index in [4.69, 9.17) is 0 Å². The maximum Gasteiger partial charge on any atom is 0.357 e. The highest BCUT2D eigenvalue weighted by atomic mass is 16.4. The Kier molecular flexibility index (Phi) is 3.79. The van der Waals surface area contributed by atoms with Crippen molar-refractivity contribution in [3.05, 3.63) is 54.7 Å². The number of hydrogen-bond donors (Lipinski definition) is 2. The molecule has 134 valence electrons. The van der Waals surface area contributed by atoms with Crippen LogP contribution in [-0.4, -0.2) is 43.0 Å². The van der Waals surface area contributed by atoms with Gasteiger partial charge in [-0.1, -0.05) is 19.4 Å². The molecule has 7 heteroatoms. The summed E-state index contributed by atoms with van der Waals surface area (Å²) in [5.74, 6) is -1.37. The minimum Gasteiger partial charge on any atom is -0.506 e. The zero-order valence-corrected chi connectivity index (χ0v) is 14.3. The van der Waals surface area contributed by atoms with Crippen LogP contribution in [0, 0.1) is 0 Å². The number of allylic oxidation sites excluding steroid dienone is 1. The first-order chi connectivity index (χ1) is 12.5. The number of hydrazone groups is 1. The van der Waals surface area contributed by atoms with Gasteiger partial charge in [0.25, 0.3) is 0 Å². The fraction of sp³-hybridized carbons (Fsp3) is 0.316. The van der Waals surface area contributed by atoms with E-state index in [-0.39, 0.29) is 22.6 Å². The number of hydrogen-bond acceptors (Lipinski definition) is 5. The lowest BCUT2D eigenvalue weighted by atomic mass is 9.96. The maximum atomic E-state index is 11.4. The Morgan fingerprint density at radius 2 is 2.08 bits per heavy atom. The van der Waals surface area contributed by atoms with Crippen LogP contribution in [0.5, 0.6) is 0 Å². The average Bonchev–Trinajstić information content (AvgIpc) is 3.25. The molecule has 3 heterocycles. The Morgan fingerprint density at radius 1 is 1.31 bits per heavy atom. The highest BCUT2D eigenvalue weighted by Gasteiger charge is 2.39. The van der Waals surface area contributed by atoms with Gasteiger partial charge in [-0.25, -0.2) is 9.78 Å². The number of rotatable bonds is 4. The second-order valence-corrected chi connectivity index (χ2v) is 6.88. The summed E-state index contributed by atoms with van der Waals surface area (Å²) in [5.41, 5.74) is 0.459. The molecule has 1 fully saturated rings. The molecule has 2 aromatic rings. The molecule has 2 aliphatic rings. The second kappa shape index (κ2) is 6.01. The van der Waals surface area contributed by atoms with Gasteiger partial charge in [-0.05, 0) is 31.0 Å². The van der Waals surface area contributed by atoms with Crippen molar-refractivity contribution in [2.45, 2.75) is 31.2 Å². The number of aromatic nitrogens is 2. The van der Waals surface area contributed by atoms with Gasteiger partial charge in [-0.3, -0.25) is 5.01 Å². The lowest BCUT2D eigenvalue weighted by Gasteiger charge is -2.36. The molecule has 0 unspecified atom stereocenters. The maximum absolute atomic E-state index is 11.4. The summed E-state index contributed by atoms with van der Waals surface area (Å²) in [4.78, 5) is 15.9. The quantitative estimate of drug-likeness (QED) is 0.883. The number of aliphatic hydroxyl groups is 1. The van der Waals surface area contributed by atoms with Gasteiger partial charge in [0.1, 0.15) is 11.4 Å².